The molecule has 0 spiro atoms. The van der Waals surface area contributed by atoms with E-state index in [0.717, 1.165) is 0 Å². The molecule has 2 rings (SSSR count). The van der Waals surface area contributed by atoms with E-state index >= 15 is 0 Å². The van der Waals surface area contributed by atoms with Gasteiger partial charge in [0.15, 0.2) is 11.7 Å². The largest absolute Gasteiger partial charge is 0.370 e. The maximum Gasteiger partial charge on any atom is 0.319 e. The highest BCUT2D eigenvalue weighted by molar-refractivity contribution is 6.30. The van der Waals surface area contributed by atoms with Gasteiger partial charge in [-0.2, -0.15) is 0 Å². The Morgan fingerprint density at radius 3 is 2.59 bits per heavy atom. The Bertz CT molecular complexity index is 994. The molecule has 0 bridgehead atoms. The highest BCUT2D eigenvalue weighted by atomic mass is 35.5. The monoisotopic (exact) mass is 539 g/mol. The van der Waals surface area contributed by atoms with Crippen molar-refractivity contribution in [3.8, 4) is 0 Å². The lowest BCUT2D eigenvalue weighted by Gasteiger charge is -2.31. The zero-order valence-corrected chi connectivity index (χ0v) is 21.7. The quantitative estimate of drug-likeness (QED) is 0.134. The van der Waals surface area contributed by atoms with Crippen LogP contribution >= 0.6 is 11.6 Å². The Hall–Kier alpha value is -3.41. The second-order valence-electron chi connectivity index (χ2n) is 9.16. The van der Waals surface area contributed by atoms with Gasteiger partial charge in [0.25, 0.3) is 0 Å². The van der Waals surface area contributed by atoms with Gasteiger partial charge in [-0.05, 0) is 49.8 Å². The number of likely N-dealkylation sites (tertiary alicyclic amines) is 1. The van der Waals surface area contributed by atoms with Crippen molar-refractivity contribution in [1.82, 2.24) is 20.9 Å². The number of ketones is 1. The van der Waals surface area contributed by atoms with Crippen molar-refractivity contribution >= 4 is 46.9 Å². The third kappa shape index (κ3) is 9.19. The van der Waals surface area contributed by atoms with Gasteiger partial charge in [0.05, 0.1) is 6.04 Å². The SMILES string of the molecule is CC(C)[C@H](NC(=O)Nc1cccc(Cl)c1)C(=O)N1CCC[C@H]1C(=O)N[C@@H](CCCNC(=N)N)C(=O)CF. The summed E-state index contributed by atoms with van der Waals surface area (Å²) in [5, 5.41) is 18.1. The first-order valence-electron chi connectivity index (χ1n) is 12.1. The highest BCUT2D eigenvalue weighted by Gasteiger charge is 2.39. The van der Waals surface area contributed by atoms with Crippen LogP contribution in [0.15, 0.2) is 24.3 Å². The van der Waals surface area contributed by atoms with Crippen molar-refractivity contribution in [2.45, 2.75) is 57.7 Å². The molecule has 3 atom stereocenters. The molecule has 0 unspecified atom stereocenters. The van der Waals surface area contributed by atoms with Crippen LogP contribution in [0.2, 0.25) is 5.02 Å². The van der Waals surface area contributed by atoms with E-state index in [9.17, 15) is 23.6 Å². The Labute approximate surface area is 220 Å². The minimum absolute atomic E-state index is 0.148. The smallest absolute Gasteiger partial charge is 0.319 e. The molecule has 204 valence electrons. The van der Waals surface area contributed by atoms with Crippen molar-refractivity contribution < 1.29 is 23.6 Å². The molecular weight excluding hydrogens is 505 g/mol. The molecule has 0 aliphatic carbocycles. The number of guanidine groups is 1. The number of urea groups is 1. The van der Waals surface area contributed by atoms with E-state index in [1.54, 1.807) is 38.1 Å². The molecule has 1 aromatic rings. The molecule has 7 N–H and O–H groups in total. The summed E-state index contributed by atoms with van der Waals surface area (Å²) in [5.41, 5.74) is 5.68. The Morgan fingerprint density at radius 1 is 1.24 bits per heavy atom. The van der Waals surface area contributed by atoms with Crippen molar-refractivity contribution in [3.63, 3.8) is 0 Å². The molecule has 1 aliphatic heterocycles. The fraction of sp³-hybridized carbons (Fsp3) is 0.542. The van der Waals surface area contributed by atoms with E-state index in [0.29, 0.717) is 36.5 Å². The summed E-state index contributed by atoms with van der Waals surface area (Å²) in [6, 6.07) is 3.15. The van der Waals surface area contributed by atoms with E-state index in [4.69, 9.17) is 22.7 Å². The van der Waals surface area contributed by atoms with Gasteiger partial charge in [0, 0.05) is 23.8 Å². The van der Waals surface area contributed by atoms with E-state index in [1.807, 2.05) is 0 Å². The number of nitrogens with two attached hydrogens (primary N) is 1. The Morgan fingerprint density at radius 2 is 1.97 bits per heavy atom. The van der Waals surface area contributed by atoms with Gasteiger partial charge in [-0.15, -0.1) is 0 Å². The molecule has 13 heteroatoms. The van der Waals surface area contributed by atoms with Crippen LogP contribution in [0.3, 0.4) is 0 Å². The van der Waals surface area contributed by atoms with Gasteiger partial charge in [-0.25, -0.2) is 9.18 Å². The number of alkyl halides is 1. The minimum atomic E-state index is -1.24. The number of hydrogen-bond acceptors (Lipinski definition) is 5. The average molecular weight is 540 g/mol. The van der Waals surface area contributed by atoms with Crippen molar-refractivity contribution in [1.29, 1.82) is 5.41 Å². The summed E-state index contributed by atoms with van der Waals surface area (Å²) >= 11 is 5.95. The molecule has 4 amide bonds. The highest BCUT2D eigenvalue weighted by Crippen LogP contribution is 2.21. The van der Waals surface area contributed by atoms with Crippen LogP contribution in [0.1, 0.15) is 39.5 Å². The molecule has 11 nitrogen and oxygen atoms in total. The predicted octanol–water partition coefficient (Wildman–Crippen LogP) is 1.76. The number of carbonyl (C=O) groups excluding carboxylic acids is 4. The molecule has 1 heterocycles. The maximum atomic E-state index is 13.4. The molecule has 0 aromatic heterocycles. The van der Waals surface area contributed by atoms with Crippen LogP contribution < -0.4 is 27.0 Å². The number of nitrogens with one attached hydrogen (secondary N) is 5. The number of rotatable bonds is 12. The van der Waals surface area contributed by atoms with E-state index in [-0.39, 0.29) is 24.8 Å². The summed E-state index contributed by atoms with van der Waals surface area (Å²) in [6.45, 7) is 2.91. The molecule has 0 saturated carbocycles. The number of amides is 4. The summed E-state index contributed by atoms with van der Waals surface area (Å²) in [7, 11) is 0. The topological polar surface area (TPSA) is 170 Å². The lowest BCUT2D eigenvalue weighted by Crippen LogP contribution is -2.57. The number of nitrogens with zero attached hydrogens (tertiary/aromatic N) is 1. The Balaban J connectivity index is 2.05. The van der Waals surface area contributed by atoms with Crippen molar-refractivity contribution in [2.24, 2.45) is 11.7 Å². The molecular formula is C24H35ClFN7O4. The van der Waals surface area contributed by atoms with E-state index < -0.39 is 48.4 Å². The molecule has 1 fully saturated rings. The zero-order valence-electron chi connectivity index (χ0n) is 21.0. The first-order valence-corrected chi connectivity index (χ1v) is 12.5. The van der Waals surface area contributed by atoms with E-state index in [1.165, 1.54) is 4.90 Å². The third-order valence-electron chi connectivity index (χ3n) is 5.96. The minimum Gasteiger partial charge on any atom is -0.370 e. The fourth-order valence-electron chi connectivity index (χ4n) is 4.07. The lowest BCUT2D eigenvalue weighted by molar-refractivity contribution is -0.141. The summed E-state index contributed by atoms with van der Waals surface area (Å²) in [4.78, 5) is 52.5. The second kappa shape index (κ2) is 14.4. The predicted molar refractivity (Wildman–Crippen MR) is 139 cm³/mol. The van der Waals surface area contributed by atoms with Gasteiger partial charge in [0.2, 0.25) is 11.8 Å². The van der Waals surface area contributed by atoms with Crippen LogP contribution in [0.25, 0.3) is 0 Å². The van der Waals surface area contributed by atoms with Gasteiger partial charge in [0.1, 0.15) is 18.8 Å². The molecule has 1 aromatic carbocycles. The molecule has 0 radical (unpaired) electrons. The lowest BCUT2D eigenvalue weighted by atomic mass is 10.0. The fourth-order valence-corrected chi connectivity index (χ4v) is 4.26. The summed E-state index contributed by atoms with van der Waals surface area (Å²) in [6.07, 6.45) is 1.45. The van der Waals surface area contributed by atoms with Crippen LogP contribution in [-0.4, -0.2) is 72.4 Å². The van der Waals surface area contributed by atoms with Crippen molar-refractivity contribution in [2.75, 3.05) is 25.1 Å². The van der Waals surface area contributed by atoms with Crippen LogP contribution in [0.4, 0.5) is 14.9 Å². The number of halogens is 2. The van der Waals surface area contributed by atoms with Gasteiger partial charge < -0.3 is 31.9 Å². The third-order valence-corrected chi connectivity index (χ3v) is 6.20. The standard InChI is InChI=1S/C24H35ClFN7O4/c1-14(2)20(32-24(37)30-16-7-3-6-15(25)12-16)22(36)33-11-5-9-18(33)21(35)31-17(19(34)13-26)8-4-10-29-23(27)28/h3,6-7,12,14,17-18,20H,4-5,8-11,13H2,1-2H3,(H,31,35)(H4,27,28,29)(H2,30,32,37)/t17-,18-,20-/m0/s1. The second-order valence-corrected chi connectivity index (χ2v) is 9.60. The number of Topliss-reactive ketones (excluding diaryl/α,β-unsaturated/α-hetero) is 1. The molecule has 37 heavy (non-hydrogen) atoms. The first kappa shape index (κ1) is 29.8. The maximum absolute atomic E-state index is 13.4. The van der Waals surface area contributed by atoms with Crippen molar-refractivity contribution in [3.05, 3.63) is 29.3 Å². The van der Waals surface area contributed by atoms with Crippen LogP contribution in [0.5, 0.6) is 0 Å². The summed E-state index contributed by atoms with van der Waals surface area (Å²) in [5.74, 6) is -2.26. The number of carbonyl (C=O) groups is 4. The van der Waals surface area contributed by atoms with E-state index in [2.05, 4.69) is 21.3 Å². The van der Waals surface area contributed by atoms with Crippen LogP contribution in [-0.2, 0) is 14.4 Å². The van der Waals surface area contributed by atoms with Gasteiger partial charge >= 0.3 is 6.03 Å². The Kier molecular flexibility index (Phi) is 11.6. The molecule has 1 saturated heterocycles. The van der Waals surface area contributed by atoms with Gasteiger partial charge in [-0.3, -0.25) is 19.8 Å². The summed E-state index contributed by atoms with van der Waals surface area (Å²) < 4.78 is 13.1. The first-order chi connectivity index (χ1) is 17.5. The average Bonchev–Trinajstić information content (AvgIpc) is 3.33. The van der Waals surface area contributed by atoms with Crippen LogP contribution in [0, 0.1) is 11.3 Å². The number of anilines is 1. The van der Waals surface area contributed by atoms with Gasteiger partial charge in [-0.1, -0.05) is 31.5 Å². The molecule has 1 aliphatic rings. The normalized spacial score (nSPS) is 16.6. The number of benzene rings is 1. The number of hydrogen-bond donors (Lipinski definition) is 6. The zero-order chi connectivity index (χ0) is 27.5.